The van der Waals surface area contributed by atoms with Gasteiger partial charge >= 0.3 is 0 Å². The third kappa shape index (κ3) is 9.79. The Morgan fingerprint density at radius 3 is 0.965 bits per heavy atom. The van der Waals surface area contributed by atoms with E-state index < -0.39 is 15.1 Å². The molecule has 0 aliphatic heterocycles. The van der Waals surface area contributed by atoms with Crippen molar-refractivity contribution in [1.82, 2.24) is 0 Å². The molecule has 0 fully saturated rings. The van der Waals surface area contributed by atoms with E-state index in [9.17, 15) is 0 Å². The molecular formula is C82H56OP2. The molecule has 0 atom stereocenters. The van der Waals surface area contributed by atoms with Crippen LogP contribution in [0.5, 0.6) is 0 Å². The van der Waals surface area contributed by atoms with Crippen molar-refractivity contribution in [3.8, 4) is 66.8 Å². The molecule has 15 aromatic rings. The van der Waals surface area contributed by atoms with Crippen LogP contribution in [0.25, 0.3) is 110 Å². The van der Waals surface area contributed by atoms with E-state index in [1.165, 1.54) is 92.7 Å². The molecule has 1 nitrogen and oxygen atoms in total. The molecule has 0 unspecified atom stereocenters. The van der Waals surface area contributed by atoms with Crippen molar-refractivity contribution in [3.63, 3.8) is 0 Å². The fraction of sp³-hybridized carbons (Fsp3) is 0. The molecule has 85 heavy (non-hydrogen) atoms. The standard InChI is InChI=1S/C82H56OP2/c83-85(74-27-15-5-16-28-74,75-29-17-6-18-30-75)76-48-44-66-52-64(40-42-68(66)54-76)70-46-50-78-80(56-70)82(62-37-33-60(34-38-62)58-21-9-2-10-22-58)77-49-45-69(55-79(77)81(78)61-35-31-59(32-36-61)57-19-7-1-8-20-57)63-39-41-67-53-73(47-43-65(67)51-63)84(71-23-11-3-12-24-71)72-25-13-4-14-26-72/h1-56H. The van der Waals surface area contributed by atoms with E-state index >= 15 is 4.57 Å². The van der Waals surface area contributed by atoms with Crippen LogP contribution in [-0.2, 0) is 4.57 Å². The zero-order valence-corrected chi connectivity index (χ0v) is 48.4. The van der Waals surface area contributed by atoms with Gasteiger partial charge in [-0.1, -0.05) is 303 Å². The highest BCUT2D eigenvalue weighted by Crippen LogP contribution is 2.48. The van der Waals surface area contributed by atoms with Crippen molar-refractivity contribution in [2.24, 2.45) is 0 Å². The SMILES string of the molecule is O=P(c1ccccc1)(c1ccccc1)c1ccc2cc(-c3ccc4c(-c5ccc(-c6ccccc6)cc5)c5cc(-c6ccc7cc(P(c8ccccc8)c8ccccc8)ccc7c6)ccc5c(-c5ccc(-c6ccccc6)cc5)c4c3)ccc2c1. The molecule has 0 aliphatic rings. The van der Waals surface area contributed by atoms with Gasteiger partial charge in [-0.3, -0.25) is 0 Å². The quantitative estimate of drug-likeness (QED) is 0.0880. The molecule has 0 N–H and O–H groups in total. The lowest BCUT2D eigenvalue weighted by Crippen LogP contribution is -2.24. The van der Waals surface area contributed by atoms with Crippen molar-refractivity contribution in [2.45, 2.75) is 0 Å². The lowest BCUT2D eigenvalue weighted by molar-refractivity contribution is 0.592. The molecule has 0 aromatic heterocycles. The van der Waals surface area contributed by atoms with Crippen molar-refractivity contribution < 1.29 is 4.57 Å². The van der Waals surface area contributed by atoms with Gasteiger partial charge in [0.25, 0.3) is 0 Å². The number of hydrogen-bond acceptors (Lipinski definition) is 1. The number of hydrogen-bond donors (Lipinski definition) is 0. The molecule has 0 aliphatic carbocycles. The van der Waals surface area contributed by atoms with Crippen molar-refractivity contribution >= 4 is 90.0 Å². The van der Waals surface area contributed by atoms with Gasteiger partial charge in [0, 0.05) is 15.9 Å². The first-order valence-corrected chi connectivity index (χ1v) is 32.1. The van der Waals surface area contributed by atoms with E-state index in [-0.39, 0.29) is 0 Å². The molecule has 0 saturated carbocycles. The van der Waals surface area contributed by atoms with E-state index in [4.69, 9.17) is 0 Å². The molecule has 0 saturated heterocycles. The third-order valence-corrected chi connectivity index (χ3v) is 22.4. The molecule has 15 aromatic carbocycles. The molecule has 400 valence electrons. The summed E-state index contributed by atoms with van der Waals surface area (Å²) < 4.78 is 15.5. The van der Waals surface area contributed by atoms with Gasteiger partial charge in [-0.25, -0.2) is 0 Å². The van der Waals surface area contributed by atoms with Gasteiger partial charge in [0.2, 0.25) is 0 Å². The van der Waals surface area contributed by atoms with Crippen LogP contribution in [0.2, 0.25) is 0 Å². The Bertz CT molecular complexity index is 4890. The Labute approximate surface area is 498 Å². The van der Waals surface area contributed by atoms with E-state index in [2.05, 4.69) is 279 Å². The van der Waals surface area contributed by atoms with Gasteiger partial charge in [0.1, 0.15) is 0 Å². The van der Waals surface area contributed by atoms with Gasteiger partial charge < -0.3 is 4.57 Å². The van der Waals surface area contributed by atoms with Crippen molar-refractivity contribution in [3.05, 3.63) is 340 Å². The van der Waals surface area contributed by atoms with Crippen molar-refractivity contribution in [2.75, 3.05) is 0 Å². The molecule has 15 rings (SSSR count). The van der Waals surface area contributed by atoms with Crippen molar-refractivity contribution in [1.29, 1.82) is 0 Å². The minimum Gasteiger partial charge on any atom is -0.309 e. The smallest absolute Gasteiger partial charge is 0.171 e. The molecule has 3 heteroatoms. The molecule has 0 bridgehead atoms. The third-order valence-electron chi connectivity index (χ3n) is 16.9. The maximum absolute atomic E-state index is 15.5. The van der Waals surface area contributed by atoms with Crippen LogP contribution in [-0.4, -0.2) is 0 Å². The summed E-state index contributed by atoms with van der Waals surface area (Å²) in [5.41, 5.74) is 14.1. The highest BCUT2D eigenvalue weighted by molar-refractivity contribution is 7.85. The summed E-state index contributed by atoms with van der Waals surface area (Å²) in [5, 5.41) is 15.9. The number of benzene rings is 15. The zero-order chi connectivity index (χ0) is 56.7. The van der Waals surface area contributed by atoms with Gasteiger partial charge in [-0.05, 0) is 170 Å². The highest BCUT2D eigenvalue weighted by Gasteiger charge is 2.30. The Morgan fingerprint density at radius 2 is 0.518 bits per heavy atom. The Kier molecular flexibility index (Phi) is 13.6. The predicted octanol–water partition coefficient (Wildman–Crippen LogP) is 19.7. The van der Waals surface area contributed by atoms with E-state index in [1.807, 2.05) is 60.7 Å². The highest BCUT2D eigenvalue weighted by atomic mass is 31.2. The average molecular weight is 1120 g/mol. The summed E-state index contributed by atoms with van der Waals surface area (Å²) in [7, 11) is -3.89. The Balaban J connectivity index is 0.898. The summed E-state index contributed by atoms with van der Waals surface area (Å²) in [6.07, 6.45) is 0. The Morgan fingerprint density at radius 1 is 0.200 bits per heavy atom. The first kappa shape index (κ1) is 51.8. The fourth-order valence-electron chi connectivity index (χ4n) is 12.6. The summed E-state index contributed by atoms with van der Waals surface area (Å²) in [6, 6.07) is 123. The van der Waals surface area contributed by atoms with Crippen LogP contribution in [0.1, 0.15) is 0 Å². The summed E-state index contributed by atoms with van der Waals surface area (Å²) in [6.45, 7) is 0. The number of fused-ring (bicyclic) bond motifs is 4. The van der Waals surface area contributed by atoms with Crippen LogP contribution in [0.15, 0.2) is 340 Å². The van der Waals surface area contributed by atoms with E-state index in [0.29, 0.717) is 0 Å². The molecule has 0 amide bonds. The van der Waals surface area contributed by atoms with Crippen LogP contribution >= 0.6 is 15.1 Å². The predicted molar refractivity (Wildman–Crippen MR) is 367 cm³/mol. The first-order valence-electron chi connectivity index (χ1n) is 29.1. The lowest BCUT2D eigenvalue weighted by Gasteiger charge is -2.21. The average Bonchev–Trinajstić information content (AvgIpc) is 1.35. The first-order chi connectivity index (χ1) is 42.0. The maximum atomic E-state index is 15.5. The Hall–Kier alpha value is -10.0. The zero-order valence-electron chi connectivity index (χ0n) is 46.6. The fourth-order valence-corrected chi connectivity index (χ4v) is 17.6. The lowest BCUT2D eigenvalue weighted by atomic mass is 9.83. The molecule has 0 heterocycles. The van der Waals surface area contributed by atoms with Gasteiger partial charge in [-0.15, -0.1) is 0 Å². The van der Waals surface area contributed by atoms with Crippen LogP contribution < -0.4 is 31.8 Å². The van der Waals surface area contributed by atoms with E-state index in [0.717, 1.165) is 48.9 Å². The van der Waals surface area contributed by atoms with Crippen LogP contribution in [0.3, 0.4) is 0 Å². The minimum atomic E-state index is -3.16. The number of rotatable bonds is 12. The second-order valence-corrected chi connectivity index (χ2v) is 26.9. The summed E-state index contributed by atoms with van der Waals surface area (Å²) in [5.74, 6) is 0. The summed E-state index contributed by atoms with van der Waals surface area (Å²) in [4.78, 5) is 0. The second kappa shape index (κ2) is 22.3. The maximum Gasteiger partial charge on any atom is 0.171 e. The molecule has 0 radical (unpaired) electrons. The van der Waals surface area contributed by atoms with Crippen LogP contribution in [0, 0.1) is 0 Å². The molecule has 0 spiro atoms. The normalized spacial score (nSPS) is 11.7. The molecular weight excluding hydrogens is 1060 g/mol. The second-order valence-electron chi connectivity index (χ2n) is 21.9. The largest absolute Gasteiger partial charge is 0.309 e. The van der Waals surface area contributed by atoms with Gasteiger partial charge in [-0.2, -0.15) is 0 Å². The van der Waals surface area contributed by atoms with Gasteiger partial charge in [0.15, 0.2) is 7.14 Å². The minimum absolute atomic E-state index is 0.733. The van der Waals surface area contributed by atoms with Crippen LogP contribution in [0.4, 0.5) is 0 Å². The monoisotopic (exact) mass is 1120 g/mol. The van der Waals surface area contributed by atoms with E-state index in [1.54, 1.807) is 0 Å². The van der Waals surface area contributed by atoms with Gasteiger partial charge in [0.05, 0.1) is 0 Å². The topological polar surface area (TPSA) is 17.1 Å². The summed E-state index contributed by atoms with van der Waals surface area (Å²) >= 11 is 0.